The quantitative estimate of drug-likeness (QED) is 0.189. The van der Waals surface area contributed by atoms with E-state index >= 15 is 0 Å². The molecule has 1 aromatic carbocycles. The van der Waals surface area contributed by atoms with Crippen LogP contribution in [0.3, 0.4) is 0 Å². The first-order chi connectivity index (χ1) is 20.3. The summed E-state index contributed by atoms with van der Waals surface area (Å²) in [5, 5.41) is 17.8. The summed E-state index contributed by atoms with van der Waals surface area (Å²) in [5.41, 5.74) is 1.54. The largest absolute Gasteiger partial charge is 0.465 e. The van der Waals surface area contributed by atoms with Gasteiger partial charge in [-0.25, -0.2) is 4.68 Å². The van der Waals surface area contributed by atoms with Crippen LogP contribution in [0.25, 0.3) is 11.0 Å². The Morgan fingerprint density at radius 1 is 1.19 bits per heavy atom. The van der Waals surface area contributed by atoms with Crippen molar-refractivity contribution in [2.24, 2.45) is 11.8 Å². The number of para-hydroxylation sites is 1. The van der Waals surface area contributed by atoms with Gasteiger partial charge in [0.2, 0.25) is 11.8 Å². The normalized spacial score (nSPS) is 27.8. The Morgan fingerprint density at radius 2 is 2.00 bits per heavy atom. The molecule has 5 rings (SSSR count). The minimum atomic E-state index is -0.732. The molecular weight excluding hydrogens is 554 g/mol. The molecule has 4 heterocycles. The first-order valence-electron chi connectivity index (χ1n) is 14.9. The van der Waals surface area contributed by atoms with Crippen LogP contribution in [-0.2, 0) is 25.8 Å². The lowest BCUT2D eigenvalue weighted by Gasteiger charge is -2.37. The number of likely N-dealkylation sites (tertiary alicyclic amines) is 1. The topological polar surface area (TPSA) is 118 Å². The number of hydrogen-bond acceptors (Lipinski definition) is 8. The zero-order valence-corrected chi connectivity index (χ0v) is 25.1. The fourth-order valence-electron chi connectivity index (χ4n) is 7.09. The van der Waals surface area contributed by atoms with Crippen molar-refractivity contribution in [1.29, 1.82) is 0 Å². The zero-order chi connectivity index (χ0) is 29.9. The molecule has 1 spiro atoms. The second-order valence-corrected chi connectivity index (χ2v) is 13.6. The summed E-state index contributed by atoms with van der Waals surface area (Å²) < 4.78 is 6.20. The van der Waals surface area contributed by atoms with E-state index in [9.17, 15) is 19.5 Å². The van der Waals surface area contributed by atoms with E-state index in [1.165, 1.54) is 0 Å². The predicted molar refractivity (Wildman–Crippen MR) is 161 cm³/mol. The molecule has 226 valence electrons. The third kappa shape index (κ3) is 5.25. The van der Waals surface area contributed by atoms with Crippen molar-refractivity contribution >= 4 is 40.6 Å². The number of nitrogens with zero attached hydrogens (tertiary/aromatic N) is 5. The molecule has 2 aromatic rings. The lowest BCUT2D eigenvalue weighted by atomic mass is 9.66. The number of rotatable bonds is 15. The number of allylic oxidation sites excluding steroid dienone is 1. The fraction of sp³-hybridized carbons (Fsp3) is 0.581. The number of amides is 2. The van der Waals surface area contributed by atoms with E-state index in [0.717, 1.165) is 30.3 Å². The number of ether oxygens (including phenoxy) is 1. The predicted octanol–water partition coefficient (Wildman–Crippen LogP) is 3.56. The zero-order valence-electron chi connectivity index (χ0n) is 24.3. The maximum Gasteiger partial charge on any atom is 0.311 e. The number of aromatic nitrogens is 3. The molecule has 0 saturated carbocycles. The van der Waals surface area contributed by atoms with E-state index in [1.807, 2.05) is 31.2 Å². The number of carbonyl (C=O) groups excluding carboxylic acids is 3. The van der Waals surface area contributed by atoms with Gasteiger partial charge < -0.3 is 19.6 Å². The van der Waals surface area contributed by atoms with Gasteiger partial charge in [-0.15, -0.1) is 30.0 Å². The van der Waals surface area contributed by atoms with Gasteiger partial charge in [0.05, 0.1) is 28.7 Å². The molecular formula is C31H41N5O5S. The summed E-state index contributed by atoms with van der Waals surface area (Å²) in [4.78, 5) is 45.9. The molecule has 42 heavy (non-hydrogen) atoms. The van der Waals surface area contributed by atoms with Crippen LogP contribution in [0.5, 0.6) is 0 Å². The monoisotopic (exact) mass is 595 g/mol. The van der Waals surface area contributed by atoms with Gasteiger partial charge in [-0.2, -0.15) is 0 Å². The highest BCUT2D eigenvalue weighted by atomic mass is 32.2. The van der Waals surface area contributed by atoms with Crippen LogP contribution in [-0.4, -0.2) is 89.5 Å². The third-order valence-corrected chi connectivity index (χ3v) is 11.0. The number of aliphatic hydroxyl groups is 1. The summed E-state index contributed by atoms with van der Waals surface area (Å²) in [6.07, 6.45) is 8.32. The van der Waals surface area contributed by atoms with Crippen LogP contribution in [0.1, 0.15) is 51.9 Å². The van der Waals surface area contributed by atoms with Crippen LogP contribution in [0, 0.1) is 11.8 Å². The lowest BCUT2D eigenvalue weighted by molar-refractivity contribution is -0.155. The van der Waals surface area contributed by atoms with E-state index in [-0.39, 0.29) is 44.2 Å². The van der Waals surface area contributed by atoms with Crippen molar-refractivity contribution < 1.29 is 24.2 Å². The highest BCUT2D eigenvalue weighted by molar-refractivity contribution is 8.02. The standard InChI is InChI=1S/C31H41N5O5S/c1-4-6-12-20-41-29(40)25-24-27(38)35(18-10-7-11-19-37)26(31(24)16-15-30(25,3)42-31)28(39)34(17-5-2)21-36-23-14-9-8-13-22(23)32-33-36/h4-5,8-9,13-14,24-26,37H,1-2,6-7,10-12,15-21H2,3H3/t24-,25-,26?,30+,31?/m0/s1. The number of hydrogen-bond donors (Lipinski definition) is 1. The minimum absolute atomic E-state index is 0.0792. The molecule has 5 atom stereocenters. The van der Waals surface area contributed by atoms with Gasteiger partial charge in [0.25, 0.3) is 0 Å². The van der Waals surface area contributed by atoms with Crippen molar-refractivity contribution in [2.45, 2.75) is 74.1 Å². The Kier molecular flexibility index (Phi) is 9.08. The van der Waals surface area contributed by atoms with Crippen LogP contribution in [0.15, 0.2) is 49.6 Å². The Bertz CT molecular complexity index is 1350. The van der Waals surface area contributed by atoms with Gasteiger partial charge in [-0.05, 0) is 64.0 Å². The molecule has 3 saturated heterocycles. The number of thioether (sulfide) groups is 1. The fourth-order valence-corrected chi connectivity index (χ4v) is 9.43. The summed E-state index contributed by atoms with van der Waals surface area (Å²) in [7, 11) is 0. The molecule has 2 bridgehead atoms. The van der Waals surface area contributed by atoms with Gasteiger partial charge in [0.15, 0.2) is 0 Å². The SMILES string of the molecule is C=CCCCOC(=O)[C@@H]1[C@H]2C(=O)N(CCCCCO)C(C(=O)N(CC=C)Cn3nnc4ccccc43)C23CC[C@@]1(C)S3. The van der Waals surface area contributed by atoms with Crippen molar-refractivity contribution in [1.82, 2.24) is 24.8 Å². The van der Waals surface area contributed by atoms with Crippen molar-refractivity contribution in [3.05, 3.63) is 49.6 Å². The Labute approximate surface area is 251 Å². The molecule has 0 aliphatic carbocycles. The number of fused-ring (bicyclic) bond motifs is 2. The third-order valence-electron chi connectivity index (χ3n) is 9.00. The molecule has 1 aromatic heterocycles. The second-order valence-electron chi connectivity index (χ2n) is 11.7. The van der Waals surface area contributed by atoms with Gasteiger partial charge in [-0.3, -0.25) is 14.4 Å². The minimum Gasteiger partial charge on any atom is -0.465 e. The maximum absolute atomic E-state index is 14.6. The van der Waals surface area contributed by atoms with Crippen molar-refractivity contribution in [3.8, 4) is 0 Å². The van der Waals surface area contributed by atoms with Crippen LogP contribution < -0.4 is 0 Å². The molecule has 2 amide bonds. The highest BCUT2D eigenvalue weighted by Crippen LogP contribution is 2.71. The maximum atomic E-state index is 14.6. The summed E-state index contributed by atoms with van der Waals surface area (Å²) in [5.74, 6) is -1.91. The van der Waals surface area contributed by atoms with Crippen LogP contribution >= 0.6 is 11.8 Å². The molecule has 2 unspecified atom stereocenters. The molecule has 10 nitrogen and oxygen atoms in total. The van der Waals surface area contributed by atoms with E-state index in [1.54, 1.807) is 38.4 Å². The van der Waals surface area contributed by atoms with E-state index in [0.29, 0.717) is 32.2 Å². The number of unbranched alkanes of at least 4 members (excludes halogenated alkanes) is 3. The summed E-state index contributed by atoms with van der Waals surface area (Å²) in [6, 6.07) is 6.84. The molecule has 3 fully saturated rings. The molecule has 11 heteroatoms. The van der Waals surface area contributed by atoms with E-state index < -0.39 is 27.4 Å². The summed E-state index contributed by atoms with van der Waals surface area (Å²) in [6.45, 7) is 10.8. The van der Waals surface area contributed by atoms with Gasteiger partial charge >= 0.3 is 5.97 Å². The second kappa shape index (κ2) is 12.6. The van der Waals surface area contributed by atoms with Crippen molar-refractivity contribution in [2.75, 3.05) is 26.3 Å². The van der Waals surface area contributed by atoms with E-state index in [4.69, 9.17) is 4.74 Å². The van der Waals surface area contributed by atoms with Gasteiger partial charge in [0.1, 0.15) is 18.2 Å². The van der Waals surface area contributed by atoms with Gasteiger partial charge in [-0.1, -0.05) is 29.5 Å². The van der Waals surface area contributed by atoms with Crippen LogP contribution in [0.2, 0.25) is 0 Å². The first kappa shape index (κ1) is 30.3. The average Bonchev–Trinajstić information content (AvgIpc) is 3.68. The lowest BCUT2D eigenvalue weighted by Crippen LogP contribution is -2.55. The van der Waals surface area contributed by atoms with Crippen molar-refractivity contribution in [3.63, 3.8) is 0 Å². The number of esters is 1. The number of benzene rings is 1. The smallest absolute Gasteiger partial charge is 0.311 e. The average molecular weight is 596 g/mol. The molecule has 3 aliphatic rings. The summed E-state index contributed by atoms with van der Waals surface area (Å²) >= 11 is 1.64. The Balaban J connectivity index is 1.47. The molecule has 1 N–H and O–H groups in total. The Morgan fingerprint density at radius 3 is 2.76 bits per heavy atom. The molecule has 3 aliphatic heterocycles. The molecule has 0 radical (unpaired) electrons. The van der Waals surface area contributed by atoms with E-state index in [2.05, 4.69) is 23.5 Å². The number of carbonyl (C=O) groups is 3. The van der Waals surface area contributed by atoms with Gasteiger partial charge in [0, 0.05) is 24.4 Å². The first-order valence-corrected chi connectivity index (χ1v) is 15.7. The highest BCUT2D eigenvalue weighted by Gasteiger charge is 2.77. The Hall–Kier alpha value is -3.18. The number of aliphatic hydroxyl groups excluding tert-OH is 1. The van der Waals surface area contributed by atoms with Crippen LogP contribution in [0.4, 0.5) is 0 Å².